The summed E-state index contributed by atoms with van der Waals surface area (Å²) in [5.41, 5.74) is 1.45. The molecule has 0 heterocycles. The second-order valence-electron chi connectivity index (χ2n) is 7.92. The van der Waals surface area contributed by atoms with E-state index in [1.807, 2.05) is 7.11 Å². The number of nitrogens with zero attached hydrogens (tertiary/aromatic N) is 1. The minimum atomic E-state index is 0.164. The molecule has 0 saturated heterocycles. The van der Waals surface area contributed by atoms with Crippen molar-refractivity contribution in [2.45, 2.75) is 45.9 Å². The van der Waals surface area contributed by atoms with Gasteiger partial charge in [0, 0.05) is 31.2 Å². The van der Waals surface area contributed by atoms with E-state index in [9.17, 15) is 0 Å². The van der Waals surface area contributed by atoms with Gasteiger partial charge in [0.05, 0.1) is 6.10 Å². The van der Waals surface area contributed by atoms with E-state index in [1.54, 1.807) is 0 Å². The van der Waals surface area contributed by atoms with Crippen molar-refractivity contribution in [2.75, 3.05) is 34.4 Å². The molecule has 1 N–H and O–H groups in total. The van der Waals surface area contributed by atoms with Crippen LogP contribution in [-0.2, 0) is 4.74 Å². The monoisotopic (exact) mass is 334 g/mol. The molecule has 0 aromatic heterocycles. The Kier molecular flexibility index (Phi) is 6.29. The average molecular weight is 335 g/mol. The van der Waals surface area contributed by atoms with E-state index in [0.717, 1.165) is 12.3 Å². The van der Waals surface area contributed by atoms with E-state index in [1.165, 1.54) is 5.56 Å². The maximum atomic E-state index is 5.77. The van der Waals surface area contributed by atoms with E-state index in [2.05, 4.69) is 76.3 Å². The molecule has 1 saturated carbocycles. The third-order valence-corrected chi connectivity index (χ3v) is 5.41. The Balaban J connectivity index is 1.90. The Bertz CT molecular complexity index is 513. The van der Waals surface area contributed by atoms with Crippen LogP contribution in [-0.4, -0.2) is 51.4 Å². The highest BCUT2D eigenvalue weighted by Crippen LogP contribution is 2.47. The Morgan fingerprint density at radius 3 is 2.33 bits per heavy atom. The lowest BCUT2D eigenvalue weighted by molar-refractivity contribution is -0.147. The van der Waals surface area contributed by atoms with Crippen LogP contribution in [0.3, 0.4) is 0 Å². The molecule has 1 fully saturated rings. The number of hydrogen-bond acceptors (Lipinski definition) is 4. The van der Waals surface area contributed by atoms with Gasteiger partial charge in [0.2, 0.25) is 0 Å². The zero-order chi connectivity index (χ0) is 17.9. The summed E-state index contributed by atoms with van der Waals surface area (Å²) in [4.78, 5) is 2.12. The van der Waals surface area contributed by atoms with Crippen LogP contribution < -0.4 is 10.1 Å². The van der Waals surface area contributed by atoms with Crippen LogP contribution in [0.1, 0.15) is 39.3 Å². The highest BCUT2D eigenvalue weighted by Gasteiger charge is 2.54. The van der Waals surface area contributed by atoms with Crippen molar-refractivity contribution in [2.24, 2.45) is 11.3 Å². The lowest BCUT2D eigenvalue weighted by atomic mass is 9.57. The smallest absolute Gasteiger partial charge is 0.119 e. The van der Waals surface area contributed by atoms with E-state index in [0.29, 0.717) is 30.7 Å². The van der Waals surface area contributed by atoms with E-state index < -0.39 is 0 Å². The molecule has 0 unspecified atom stereocenters. The van der Waals surface area contributed by atoms with Crippen LogP contribution in [0.15, 0.2) is 24.3 Å². The molecule has 1 aromatic carbocycles. The van der Waals surface area contributed by atoms with Crippen LogP contribution in [0.25, 0.3) is 0 Å². The lowest BCUT2D eigenvalue weighted by Gasteiger charge is -2.57. The van der Waals surface area contributed by atoms with Crippen LogP contribution >= 0.6 is 0 Å². The molecule has 1 aromatic rings. The highest BCUT2D eigenvalue weighted by molar-refractivity contribution is 5.29. The number of benzene rings is 1. The first-order valence-corrected chi connectivity index (χ1v) is 8.93. The molecule has 1 aliphatic rings. The second kappa shape index (κ2) is 7.85. The van der Waals surface area contributed by atoms with Gasteiger partial charge in [0.25, 0.3) is 0 Å². The van der Waals surface area contributed by atoms with Crippen LogP contribution in [0, 0.1) is 11.3 Å². The van der Waals surface area contributed by atoms with Gasteiger partial charge in [-0.15, -0.1) is 0 Å². The van der Waals surface area contributed by atoms with Crippen molar-refractivity contribution in [3.8, 4) is 5.75 Å². The van der Waals surface area contributed by atoms with E-state index in [-0.39, 0.29) is 5.41 Å². The molecule has 0 aliphatic heterocycles. The molecule has 0 bridgehead atoms. The maximum Gasteiger partial charge on any atom is 0.119 e. The fourth-order valence-corrected chi connectivity index (χ4v) is 4.04. The van der Waals surface area contributed by atoms with E-state index >= 15 is 0 Å². The molecule has 136 valence electrons. The molecule has 4 nitrogen and oxygen atoms in total. The van der Waals surface area contributed by atoms with Gasteiger partial charge in [0.1, 0.15) is 12.4 Å². The molecule has 1 aliphatic carbocycles. The van der Waals surface area contributed by atoms with Gasteiger partial charge in [-0.05, 0) is 44.6 Å². The fourth-order valence-electron chi connectivity index (χ4n) is 4.04. The van der Waals surface area contributed by atoms with Crippen LogP contribution in [0.5, 0.6) is 5.75 Å². The van der Waals surface area contributed by atoms with Crippen molar-refractivity contribution in [3.63, 3.8) is 0 Å². The average Bonchev–Trinajstić information content (AvgIpc) is 2.53. The standard InChI is InChI=1S/C20H34N2O2/c1-14-18(20(3,4)19(14)23-7)21-15(2)16-8-10-17(11-9-16)24-13-12-22(5)6/h8-11,14-15,18-19,21H,12-13H2,1-7H3/t14-,15-,18-,19-/m1/s1. The van der Waals surface area contributed by atoms with Gasteiger partial charge in [-0.25, -0.2) is 0 Å². The summed E-state index contributed by atoms with van der Waals surface area (Å²) in [5.74, 6) is 1.46. The first-order chi connectivity index (χ1) is 11.3. The molecule has 4 atom stereocenters. The van der Waals surface area contributed by atoms with Crippen molar-refractivity contribution >= 4 is 0 Å². The van der Waals surface area contributed by atoms with Crippen molar-refractivity contribution in [1.29, 1.82) is 0 Å². The minimum Gasteiger partial charge on any atom is -0.492 e. The van der Waals surface area contributed by atoms with Gasteiger partial charge >= 0.3 is 0 Å². The zero-order valence-corrected chi connectivity index (χ0v) is 16.3. The highest BCUT2D eigenvalue weighted by atomic mass is 16.5. The quantitative estimate of drug-likeness (QED) is 0.790. The summed E-state index contributed by atoms with van der Waals surface area (Å²) in [5, 5.41) is 3.79. The Hall–Kier alpha value is -1.10. The summed E-state index contributed by atoms with van der Waals surface area (Å²) < 4.78 is 11.4. The van der Waals surface area contributed by atoms with Crippen molar-refractivity contribution < 1.29 is 9.47 Å². The molecule has 0 radical (unpaired) electrons. The predicted molar refractivity (Wildman–Crippen MR) is 99.6 cm³/mol. The Morgan fingerprint density at radius 2 is 1.83 bits per heavy atom. The summed E-state index contributed by atoms with van der Waals surface area (Å²) >= 11 is 0. The molecular formula is C20H34N2O2. The summed E-state index contributed by atoms with van der Waals surface area (Å²) in [6.45, 7) is 10.7. The van der Waals surface area contributed by atoms with Crippen LogP contribution in [0.2, 0.25) is 0 Å². The summed E-state index contributed by atoms with van der Waals surface area (Å²) in [6.07, 6.45) is 0.328. The SMILES string of the molecule is CO[C@@H]1[C@H](C)[C@@H](N[C@H](C)c2ccc(OCCN(C)C)cc2)C1(C)C. The van der Waals surface area contributed by atoms with Gasteiger partial charge in [0.15, 0.2) is 0 Å². The number of nitrogens with one attached hydrogen (secondary N) is 1. The number of likely N-dealkylation sites (N-methyl/N-ethyl adjacent to an activating group) is 1. The first-order valence-electron chi connectivity index (χ1n) is 8.93. The third-order valence-electron chi connectivity index (χ3n) is 5.41. The Morgan fingerprint density at radius 1 is 1.21 bits per heavy atom. The maximum absolute atomic E-state index is 5.77. The molecular weight excluding hydrogens is 300 g/mol. The molecule has 0 spiro atoms. The predicted octanol–water partition coefficient (Wildman–Crippen LogP) is 3.34. The number of rotatable bonds is 8. The fraction of sp³-hybridized carbons (Fsp3) is 0.700. The number of ether oxygens (including phenoxy) is 2. The van der Waals surface area contributed by atoms with Gasteiger partial charge < -0.3 is 19.7 Å². The van der Waals surface area contributed by atoms with Gasteiger partial charge in [-0.1, -0.05) is 32.9 Å². The molecule has 2 rings (SSSR count). The second-order valence-corrected chi connectivity index (χ2v) is 7.92. The van der Waals surface area contributed by atoms with E-state index in [4.69, 9.17) is 9.47 Å². The third kappa shape index (κ3) is 4.11. The van der Waals surface area contributed by atoms with Crippen molar-refractivity contribution in [3.05, 3.63) is 29.8 Å². The number of methoxy groups -OCH3 is 1. The summed E-state index contributed by atoms with van der Waals surface area (Å²) in [7, 11) is 5.92. The zero-order valence-electron chi connectivity index (χ0n) is 16.3. The van der Waals surface area contributed by atoms with Gasteiger partial charge in [-0.3, -0.25) is 0 Å². The largest absolute Gasteiger partial charge is 0.492 e. The van der Waals surface area contributed by atoms with Crippen LogP contribution in [0.4, 0.5) is 0 Å². The first kappa shape index (κ1) is 19.2. The summed E-state index contributed by atoms with van der Waals surface area (Å²) in [6, 6.07) is 9.23. The normalized spacial score (nSPS) is 26.9. The molecule has 4 heteroatoms. The van der Waals surface area contributed by atoms with Crippen molar-refractivity contribution in [1.82, 2.24) is 10.2 Å². The minimum absolute atomic E-state index is 0.164. The molecule has 0 amide bonds. The topological polar surface area (TPSA) is 33.7 Å². The lowest BCUT2D eigenvalue weighted by Crippen LogP contribution is -2.67. The number of hydrogen-bond donors (Lipinski definition) is 1. The Labute approximate surface area is 147 Å². The van der Waals surface area contributed by atoms with Gasteiger partial charge in [-0.2, -0.15) is 0 Å². The molecule has 24 heavy (non-hydrogen) atoms.